The number of nitrogens with two attached hydrogens (primary N) is 1. The summed E-state index contributed by atoms with van der Waals surface area (Å²) in [7, 11) is 0. The molecular weight excluding hydrogens is 240 g/mol. The van der Waals surface area contributed by atoms with Crippen molar-refractivity contribution < 1.29 is 0 Å². The zero-order valence-electron chi connectivity index (χ0n) is 11.5. The van der Waals surface area contributed by atoms with Gasteiger partial charge in [-0.1, -0.05) is 17.7 Å². The molecule has 2 nitrogen and oxygen atoms in total. The van der Waals surface area contributed by atoms with E-state index >= 15 is 0 Å². The van der Waals surface area contributed by atoms with Gasteiger partial charge in [0.2, 0.25) is 0 Å². The summed E-state index contributed by atoms with van der Waals surface area (Å²) >= 11 is 1.77. The summed E-state index contributed by atoms with van der Waals surface area (Å²) in [6.07, 6.45) is 0.854. The van der Waals surface area contributed by atoms with Crippen molar-refractivity contribution in [2.24, 2.45) is 5.73 Å². The first kappa shape index (κ1) is 13.2. The van der Waals surface area contributed by atoms with Crippen LogP contribution in [0.15, 0.2) is 12.1 Å². The van der Waals surface area contributed by atoms with Crippen LogP contribution >= 0.6 is 11.3 Å². The van der Waals surface area contributed by atoms with Crippen LogP contribution < -0.4 is 5.73 Å². The van der Waals surface area contributed by atoms with Crippen molar-refractivity contribution in [2.75, 3.05) is 6.54 Å². The predicted molar refractivity (Wildman–Crippen MR) is 79.3 cm³/mol. The molecule has 1 heterocycles. The molecule has 0 amide bonds. The summed E-state index contributed by atoms with van der Waals surface area (Å²) in [5.41, 5.74) is 12.1. The van der Waals surface area contributed by atoms with E-state index in [9.17, 15) is 0 Å². The van der Waals surface area contributed by atoms with Gasteiger partial charge in [-0.3, -0.25) is 0 Å². The third-order valence-corrected chi connectivity index (χ3v) is 4.12. The van der Waals surface area contributed by atoms with E-state index in [1.54, 1.807) is 11.3 Å². The molecule has 0 spiro atoms. The molecule has 0 aliphatic carbocycles. The number of nitrogens with zero attached hydrogens (tertiary/aromatic N) is 1. The highest BCUT2D eigenvalue weighted by atomic mass is 32.1. The Balaban J connectivity index is 2.61. The van der Waals surface area contributed by atoms with Crippen molar-refractivity contribution in [2.45, 2.75) is 34.1 Å². The molecule has 3 heteroatoms. The number of aryl methyl sites for hydroxylation is 4. The molecule has 0 saturated heterocycles. The lowest BCUT2D eigenvalue weighted by Gasteiger charge is -2.11. The Hall–Kier alpha value is -1.19. The van der Waals surface area contributed by atoms with Gasteiger partial charge in [0.25, 0.3) is 0 Å². The normalized spacial score (nSPS) is 10.9. The van der Waals surface area contributed by atoms with E-state index in [1.807, 2.05) is 0 Å². The lowest BCUT2D eigenvalue weighted by Crippen LogP contribution is -2.04. The monoisotopic (exact) mass is 260 g/mol. The van der Waals surface area contributed by atoms with Gasteiger partial charge in [-0.15, -0.1) is 11.3 Å². The standard InChI is InChI=1S/C15H20N2S/c1-9-7-10(2)14(11(3)8-9)15-13(5-6-16)17-12(4)18-15/h7-8H,5-6,16H2,1-4H3. The number of benzene rings is 1. The van der Waals surface area contributed by atoms with Gasteiger partial charge in [0, 0.05) is 6.42 Å². The third kappa shape index (κ3) is 2.47. The van der Waals surface area contributed by atoms with E-state index in [1.165, 1.54) is 27.1 Å². The van der Waals surface area contributed by atoms with Crippen molar-refractivity contribution in [1.82, 2.24) is 4.98 Å². The summed E-state index contributed by atoms with van der Waals surface area (Å²) in [5, 5.41) is 1.12. The van der Waals surface area contributed by atoms with Gasteiger partial charge in [0.1, 0.15) is 0 Å². The second-order valence-electron chi connectivity index (χ2n) is 4.82. The molecule has 0 saturated carbocycles. The quantitative estimate of drug-likeness (QED) is 0.916. The summed E-state index contributed by atoms with van der Waals surface area (Å²) < 4.78 is 0. The molecule has 0 radical (unpaired) electrons. The van der Waals surface area contributed by atoms with E-state index in [-0.39, 0.29) is 0 Å². The molecule has 1 aromatic heterocycles. The van der Waals surface area contributed by atoms with Crippen LogP contribution in [0.25, 0.3) is 10.4 Å². The molecule has 2 aromatic rings. The Morgan fingerprint density at radius 3 is 2.28 bits per heavy atom. The van der Waals surface area contributed by atoms with Crippen molar-refractivity contribution in [3.8, 4) is 10.4 Å². The maximum absolute atomic E-state index is 5.68. The Morgan fingerprint density at radius 2 is 1.72 bits per heavy atom. The largest absolute Gasteiger partial charge is 0.330 e. The second kappa shape index (κ2) is 5.21. The van der Waals surface area contributed by atoms with Crippen LogP contribution in [-0.2, 0) is 6.42 Å². The van der Waals surface area contributed by atoms with Crippen molar-refractivity contribution in [1.29, 1.82) is 0 Å². The third-order valence-electron chi connectivity index (χ3n) is 3.09. The highest BCUT2D eigenvalue weighted by Crippen LogP contribution is 2.35. The molecule has 2 N–H and O–H groups in total. The summed E-state index contributed by atoms with van der Waals surface area (Å²) in [5.74, 6) is 0. The first-order valence-corrected chi connectivity index (χ1v) is 7.09. The fourth-order valence-corrected chi connectivity index (χ4v) is 3.65. The SMILES string of the molecule is Cc1cc(C)c(-c2sc(C)nc2CCN)c(C)c1. The number of aromatic nitrogens is 1. The summed E-state index contributed by atoms with van der Waals surface area (Å²) in [6.45, 7) is 9.21. The Kier molecular flexibility index (Phi) is 3.83. The maximum Gasteiger partial charge on any atom is 0.0903 e. The zero-order chi connectivity index (χ0) is 13.3. The van der Waals surface area contributed by atoms with Crippen LogP contribution in [0.2, 0.25) is 0 Å². The molecule has 96 valence electrons. The van der Waals surface area contributed by atoms with E-state index in [0.717, 1.165) is 17.1 Å². The Labute approximate surface area is 113 Å². The van der Waals surface area contributed by atoms with Gasteiger partial charge in [0.05, 0.1) is 15.6 Å². The second-order valence-corrected chi connectivity index (χ2v) is 6.02. The Bertz CT molecular complexity index is 547. The van der Waals surface area contributed by atoms with Gasteiger partial charge in [-0.2, -0.15) is 0 Å². The van der Waals surface area contributed by atoms with Gasteiger partial charge in [0.15, 0.2) is 0 Å². The minimum atomic E-state index is 0.653. The number of rotatable bonds is 3. The molecule has 0 aliphatic rings. The fourth-order valence-electron chi connectivity index (χ4n) is 2.51. The molecule has 0 bridgehead atoms. The van der Waals surface area contributed by atoms with Crippen LogP contribution in [0.5, 0.6) is 0 Å². The van der Waals surface area contributed by atoms with E-state index in [2.05, 4.69) is 44.8 Å². The van der Waals surface area contributed by atoms with Crippen LogP contribution in [0.4, 0.5) is 0 Å². The van der Waals surface area contributed by atoms with E-state index in [0.29, 0.717) is 6.54 Å². The van der Waals surface area contributed by atoms with E-state index < -0.39 is 0 Å². The minimum absolute atomic E-state index is 0.653. The highest BCUT2D eigenvalue weighted by molar-refractivity contribution is 7.15. The van der Waals surface area contributed by atoms with Crippen LogP contribution in [-0.4, -0.2) is 11.5 Å². The predicted octanol–water partition coefficient (Wildman–Crippen LogP) is 3.54. The molecule has 0 fully saturated rings. The highest BCUT2D eigenvalue weighted by Gasteiger charge is 2.15. The summed E-state index contributed by atoms with van der Waals surface area (Å²) in [4.78, 5) is 5.92. The van der Waals surface area contributed by atoms with Gasteiger partial charge >= 0.3 is 0 Å². The topological polar surface area (TPSA) is 38.9 Å². The van der Waals surface area contributed by atoms with Crippen molar-refractivity contribution in [3.05, 3.63) is 39.5 Å². The molecule has 0 unspecified atom stereocenters. The molecule has 1 aromatic carbocycles. The molecule has 18 heavy (non-hydrogen) atoms. The van der Waals surface area contributed by atoms with E-state index in [4.69, 9.17) is 5.73 Å². The number of hydrogen-bond donors (Lipinski definition) is 1. The van der Waals surface area contributed by atoms with Crippen LogP contribution in [0.3, 0.4) is 0 Å². The van der Waals surface area contributed by atoms with Crippen molar-refractivity contribution >= 4 is 11.3 Å². The first-order valence-electron chi connectivity index (χ1n) is 6.27. The lowest BCUT2D eigenvalue weighted by atomic mass is 9.97. The zero-order valence-corrected chi connectivity index (χ0v) is 12.3. The fraction of sp³-hybridized carbons (Fsp3) is 0.400. The molecular formula is C15H20N2S. The average Bonchev–Trinajstić information content (AvgIpc) is 2.58. The minimum Gasteiger partial charge on any atom is -0.330 e. The van der Waals surface area contributed by atoms with Crippen molar-refractivity contribution in [3.63, 3.8) is 0 Å². The molecule has 0 aliphatic heterocycles. The van der Waals surface area contributed by atoms with Crippen LogP contribution in [0.1, 0.15) is 27.4 Å². The van der Waals surface area contributed by atoms with Gasteiger partial charge in [-0.05, 0) is 50.9 Å². The Morgan fingerprint density at radius 1 is 1.11 bits per heavy atom. The van der Waals surface area contributed by atoms with Gasteiger partial charge < -0.3 is 5.73 Å². The molecule has 2 rings (SSSR count). The van der Waals surface area contributed by atoms with Gasteiger partial charge in [-0.25, -0.2) is 4.98 Å². The lowest BCUT2D eigenvalue weighted by molar-refractivity contribution is 0.930. The maximum atomic E-state index is 5.68. The number of thiazole rings is 1. The number of hydrogen-bond acceptors (Lipinski definition) is 3. The average molecular weight is 260 g/mol. The van der Waals surface area contributed by atoms with Crippen LogP contribution in [0, 0.1) is 27.7 Å². The summed E-state index contributed by atoms with van der Waals surface area (Å²) in [6, 6.07) is 4.48. The smallest absolute Gasteiger partial charge is 0.0903 e. The first-order chi connectivity index (χ1) is 8.52. The molecule has 0 atom stereocenters.